The molecule has 2 rings (SSSR count). The molecule has 0 saturated heterocycles. The van der Waals surface area contributed by atoms with Crippen LogP contribution < -0.4 is 0 Å². The largest absolute Gasteiger partial charge is 0.465 e. The molecular formula is C10H12N4O2S. The number of nitrogens with zero attached hydrogens (tertiary/aromatic N) is 4. The molecule has 2 unspecified atom stereocenters. The van der Waals surface area contributed by atoms with Crippen molar-refractivity contribution in [1.82, 2.24) is 0 Å². The number of hydrogen-bond acceptors (Lipinski definition) is 7. The first kappa shape index (κ1) is 12.0. The van der Waals surface area contributed by atoms with E-state index in [4.69, 9.17) is 4.74 Å². The standard InChI is InChI=1S/C10H12N4O2S/c1-3-16-10(15)6(2)17-9-7-8(12-4-11-7)13-5-14-9/h4-7H,3H2,1-2H3. The minimum atomic E-state index is -0.308. The Bertz CT molecular complexity index is 442. The van der Waals surface area contributed by atoms with Crippen molar-refractivity contribution >= 4 is 41.3 Å². The van der Waals surface area contributed by atoms with Crippen LogP contribution in [0.25, 0.3) is 0 Å². The van der Waals surface area contributed by atoms with Crippen molar-refractivity contribution in [3.63, 3.8) is 0 Å². The number of carbonyl (C=O) groups excluding carboxylic acids is 1. The Balaban J connectivity index is 2.01. The minimum Gasteiger partial charge on any atom is -0.465 e. The van der Waals surface area contributed by atoms with Gasteiger partial charge in [-0.05, 0) is 13.8 Å². The second kappa shape index (κ2) is 5.22. The van der Waals surface area contributed by atoms with Gasteiger partial charge in [-0.25, -0.2) is 15.0 Å². The third kappa shape index (κ3) is 2.60. The number of ether oxygens (including phenoxy) is 1. The zero-order chi connectivity index (χ0) is 12.3. The van der Waals surface area contributed by atoms with Gasteiger partial charge < -0.3 is 4.74 Å². The number of rotatable bonds is 3. The molecule has 0 fully saturated rings. The number of thioether (sulfide) groups is 1. The number of aliphatic imine (C=N–C) groups is 4. The third-order valence-corrected chi connectivity index (χ3v) is 3.29. The van der Waals surface area contributed by atoms with Crippen molar-refractivity contribution < 1.29 is 9.53 Å². The predicted octanol–water partition coefficient (Wildman–Crippen LogP) is 0.921. The molecule has 2 aliphatic heterocycles. The highest BCUT2D eigenvalue weighted by molar-refractivity contribution is 8.15. The molecule has 7 heteroatoms. The molecule has 0 bridgehead atoms. The van der Waals surface area contributed by atoms with Crippen LogP contribution in [0.15, 0.2) is 20.0 Å². The Morgan fingerprint density at radius 1 is 1.53 bits per heavy atom. The number of amidine groups is 1. The highest BCUT2D eigenvalue weighted by atomic mass is 32.2. The molecule has 0 aromatic carbocycles. The molecule has 0 aromatic rings. The molecule has 0 spiro atoms. The smallest absolute Gasteiger partial charge is 0.319 e. The molecule has 2 heterocycles. The van der Waals surface area contributed by atoms with Gasteiger partial charge in [0.15, 0.2) is 11.9 Å². The first-order valence-electron chi connectivity index (χ1n) is 5.25. The molecule has 2 aliphatic rings. The highest BCUT2D eigenvalue weighted by Gasteiger charge is 2.29. The Morgan fingerprint density at radius 2 is 2.35 bits per heavy atom. The fourth-order valence-electron chi connectivity index (χ4n) is 1.37. The first-order chi connectivity index (χ1) is 8.22. The van der Waals surface area contributed by atoms with Gasteiger partial charge in [-0.3, -0.25) is 9.79 Å². The summed E-state index contributed by atoms with van der Waals surface area (Å²) < 4.78 is 4.94. The summed E-state index contributed by atoms with van der Waals surface area (Å²) in [4.78, 5) is 27.8. The van der Waals surface area contributed by atoms with Crippen molar-refractivity contribution in [3.05, 3.63) is 0 Å². The fourth-order valence-corrected chi connectivity index (χ4v) is 2.30. The van der Waals surface area contributed by atoms with Crippen LogP contribution >= 0.6 is 11.8 Å². The molecule has 0 aliphatic carbocycles. The van der Waals surface area contributed by atoms with E-state index in [1.54, 1.807) is 13.8 Å². The van der Waals surface area contributed by atoms with Gasteiger partial charge in [0.25, 0.3) is 0 Å². The lowest BCUT2D eigenvalue weighted by Gasteiger charge is -2.16. The van der Waals surface area contributed by atoms with E-state index in [0.717, 1.165) is 5.04 Å². The third-order valence-electron chi connectivity index (χ3n) is 2.18. The van der Waals surface area contributed by atoms with Crippen LogP contribution in [0.1, 0.15) is 13.8 Å². The minimum absolute atomic E-state index is 0.247. The van der Waals surface area contributed by atoms with Crippen LogP contribution in [0.5, 0.6) is 0 Å². The molecule has 90 valence electrons. The monoisotopic (exact) mass is 252 g/mol. The lowest BCUT2D eigenvalue weighted by atomic mass is 10.3. The van der Waals surface area contributed by atoms with E-state index in [1.807, 2.05) is 0 Å². The van der Waals surface area contributed by atoms with Crippen molar-refractivity contribution in [2.24, 2.45) is 20.0 Å². The summed E-state index contributed by atoms with van der Waals surface area (Å²) in [5.41, 5.74) is 0. The molecule has 0 amide bonds. The summed E-state index contributed by atoms with van der Waals surface area (Å²) >= 11 is 1.33. The Morgan fingerprint density at radius 3 is 3.12 bits per heavy atom. The summed E-state index contributed by atoms with van der Waals surface area (Å²) in [7, 11) is 0. The summed E-state index contributed by atoms with van der Waals surface area (Å²) in [5, 5.41) is 0.422. The topological polar surface area (TPSA) is 75.7 Å². The molecule has 17 heavy (non-hydrogen) atoms. The van der Waals surface area contributed by atoms with E-state index >= 15 is 0 Å². The molecule has 0 radical (unpaired) electrons. The molecule has 0 N–H and O–H groups in total. The molecule has 0 saturated carbocycles. The molecular weight excluding hydrogens is 240 g/mol. The molecule has 2 atom stereocenters. The van der Waals surface area contributed by atoms with Crippen LogP contribution in [0.4, 0.5) is 0 Å². The van der Waals surface area contributed by atoms with Crippen molar-refractivity contribution in [3.8, 4) is 0 Å². The van der Waals surface area contributed by atoms with Crippen LogP contribution in [-0.2, 0) is 9.53 Å². The predicted molar refractivity (Wildman–Crippen MR) is 69.3 cm³/mol. The van der Waals surface area contributed by atoms with Gasteiger partial charge in [-0.15, -0.1) is 0 Å². The van der Waals surface area contributed by atoms with E-state index in [2.05, 4.69) is 20.0 Å². The Labute approximate surface area is 103 Å². The summed E-state index contributed by atoms with van der Waals surface area (Å²) in [6, 6.07) is -0.248. The lowest BCUT2D eigenvalue weighted by molar-refractivity contribution is -0.142. The number of esters is 1. The van der Waals surface area contributed by atoms with Gasteiger partial charge in [0.1, 0.15) is 23.0 Å². The maximum atomic E-state index is 11.5. The quantitative estimate of drug-likeness (QED) is 0.701. The zero-order valence-corrected chi connectivity index (χ0v) is 10.3. The van der Waals surface area contributed by atoms with E-state index in [0.29, 0.717) is 12.4 Å². The Hall–Kier alpha value is -1.50. The van der Waals surface area contributed by atoms with Crippen LogP contribution in [0, 0.1) is 0 Å². The van der Waals surface area contributed by atoms with Gasteiger partial charge in [-0.2, -0.15) is 0 Å². The molecule has 6 nitrogen and oxygen atoms in total. The maximum Gasteiger partial charge on any atom is 0.319 e. The summed E-state index contributed by atoms with van der Waals surface area (Å²) in [5.74, 6) is 0.377. The van der Waals surface area contributed by atoms with E-state index in [1.165, 1.54) is 24.4 Å². The number of fused-ring (bicyclic) bond motifs is 1. The van der Waals surface area contributed by atoms with Crippen molar-refractivity contribution in [1.29, 1.82) is 0 Å². The normalized spacial score (nSPS) is 22.8. The average molecular weight is 252 g/mol. The van der Waals surface area contributed by atoms with E-state index in [9.17, 15) is 4.79 Å². The summed E-state index contributed by atoms with van der Waals surface area (Å²) in [6.07, 6.45) is 2.90. The fraction of sp³-hybridized carbons (Fsp3) is 0.500. The van der Waals surface area contributed by atoms with Gasteiger partial charge in [-0.1, -0.05) is 11.8 Å². The first-order valence-corrected chi connectivity index (χ1v) is 6.13. The lowest BCUT2D eigenvalue weighted by Crippen LogP contribution is -2.29. The van der Waals surface area contributed by atoms with Crippen LogP contribution in [0.2, 0.25) is 0 Å². The highest BCUT2D eigenvalue weighted by Crippen LogP contribution is 2.22. The van der Waals surface area contributed by atoms with Gasteiger partial charge in [0, 0.05) is 0 Å². The Kier molecular flexibility index (Phi) is 3.68. The van der Waals surface area contributed by atoms with Gasteiger partial charge in [0.2, 0.25) is 0 Å². The van der Waals surface area contributed by atoms with Crippen molar-refractivity contribution in [2.45, 2.75) is 25.1 Å². The SMILES string of the molecule is CCOC(=O)C(C)SC1=NC=NC2=NC=NC21. The number of hydrogen-bond donors (Lipinski definition) is 0. The molecule has 0 aromatic heterocycles. The summed E-state index contributed by atoms with van der Waals surface area (Å²) in [6.45, 7) is 3.95. The zero-order valence-electron chi connectivity index (χ0n) is 9.53. The second-order valence-electron chi connectivity index (χ2n) is 3.38. The second-order valence-corrected chi connectivity index (χ2v) is 4.74. The van der Waals surface area contributed by atoms with Crippen LogP contribution in [-0.4, -0.2) is 47.4 Å². The number of carbonyl (C=O) groups is 1. The average Bonchev–Trinajstić information content (AvgIpc) is 2.78. The van der Waals surface area contributed by atoms with E-state index in [-0.39, 0.29) is 17.3 Å². The van der Waals surface area contributed by atoms with Gasteiger partial charge >= 0.3 is 5.97 Å². The maximum absolute atomic E-state index is 11.5. The van der Waals surface area contributed by atoms with E-state index < -0.39 is 0 Å². The van der Waals surface area contributed by atoms with Crippen LogP contribution in [0.3, 0.4) is 0 Å². The van der Waals surface area contributed by atoms with Gasteiger partial charge in [0.05, 0.1) is 6.61 Å². The van der Waals surface area contributed by atoms with Crippen molar-refractivity contribution in [2.75, 3.05) is 6.61 Å².